The number of phenols is 1. The lowest BCUT2D eigenvalue weighted by Crippen LogP contribution is -3.19. The molecule has 5 heteroatoms. The monoisotopic (exact) mass is 413 g/mol. The van der Waals surface area contributed by atoms with Crippen LogP contribution in [-0.4, -0.2) is 29.9 Å². The molecule has 1 fully saturated rings. The van der Waals surface area contributed by atoms with Gasteiger partial charge in [0.25, 0.3) is 0 Å². The summed E-state index contributed by atoms with van der Waals surface area (Å²) in [6.45, 7) is 9.01. The van der Waals surface area contributed by atoms with Crippen LogP contribution in [0.3, 0.4) is 0 Å². The second-order valence-electron chi connectivity index (χ2n) is 8.94. The number of hydrogen-bond donors (Lipinski definition) is 4. The van der Waals surface area contributed by atoms with Crippen molar-refractivity contribution in [1.29, 1.82) is 0 Å². The maximum Gasteiger partial charge on any atom is 0.180 e. The van der Waals surface area contributed by atoms with Crippen LogP contribution in [0.15, 0.2) is 48.5 Å². The van der Waals surface area contributed by atoms with E-state index in [2.05, 4.69) is 61.7 Å². The summed E-state index contributed by atoms with van der Waals surface area (Å²) in [6, 6.07) is 14.7. The third-order valence-corrected chi connectivity index (χ3v) is 6.78. The highest BCUT2D eigenvalue weighted by molar-refractivity contribution is 6.30. The number of halogens is 1. The molecule has 1 unspecified atom stereocenters. The van der Waals surface area contributed by atoms with E-state index in [-0.39, 0.29) is 11.7 Å². The molecule has 4 rings (SSSR count). The maximum atomic E-state index is 10.5. The largest absolute Gasteiger partial charge is 0.507 e. The Hall–Kier alpha value is -2.01. The topological polar surface area (TPSA) is 53.3 Å². The van der Waals surface area contributed by atoms with Crippen molar-refractivity contribution in [1.82, 2.24) is 5.32 Å². The zero-order valence-corrected chi connectivity index (χ0v) is 18.3. The Kier molecular flexibility index (Phi) is 5.60. The third kappa shape index (κ3) is 4.30. The van der Waals surface area contributed by atoms with Gasteiger partial charge in [-0.05, 0) is 44.5 Å². The molecule has 0 aliphatic carbocycles. The number of quaternary nitrogens is 2. The molecular formula is C24H32ClN3O+2. The van der Waals surface area contributed by atoms with Gasteiger partial charge in [0.15, 0.2) is 5.66 Å². The summed E-state index contributed by atoms with van der Waals surface area (Å²) in [4.78, 5) is 1.67. The SMILES string of the molecule is Cc1ccc(C2=CC(c3cc(Cl)ccc3O)[NH2+]C3(CC[NH+](C(C)C)CC3)N2)cc1. The van der Waals surface area contributed by atoms with Gasteiger partial charge >= 0.3 is 0 Å². The first-order valence-electron chi connectivity index (χ1n) is 10.6. The van der Waals surface area contributed by atoms with Gasteiger partial charge < -0.3 is 20.6 Å². The molecule has 0 aromatic heterocycles. The minimum absolute atomic E-state index is 0.0202. The second-order valence-corrected chi connectivity index (χ2v) is 9.37. The van der Waals surface area contributed by atoms with Crippen molar-refractivity contribution < 1.29 is 15.3 Å². The van der Waals surface area contributed by atoms with Gasteiger partial charge in [-0.15, -0.1) is 0 Å². The smallest absolute Gasteiger partial charge is 0.180 e. The van der Waals surface area contributed by atoms with Gasteiger partial charge in [-0.2, -0.15) is 0 Å². The van der Waals surface area contributed by atoms with Crippen LogP contribution < -0.4 is 15.5 Å². The van der Waals surface area contributed by atoms with E-state index in [4.69, 9.17) is 11.6 Å². The molecule has 2 aliphatic heterocycles. The van der Waals surface area contributed by atoms with Crippen molar-refractivity contribution >= 4 is 17.3 Å². The Balaban J connectivity index is 1.71. The van der Waals surface area contributed by atoms with E-state index in [0.29, 0.717) is 16.8 Å². The highest BCUT2D eigenvalue weighted by Gasteiger charge is 2.45. The number of nitrogens with one attached hydrogen (secondary N) is 2. The van der Waals surface area contributed by atoms with Crippen LogP contribution in [0.2, 0.25) is 5.02 Å². The van der Waals surface area contributed by atoms with Crippen molar-refractivity contribution in [3.05, 3.63) is 70.3 Å². The average Bonchev–Trinajstić information content (AvgIpc) is 2.70. The van der Waals surface area contributed by atoms with Crippen LogP contribution in [0.25, 0.3) is 5.70 Å². The lowest BCUT2D eigenvalue weighted by molar-refractivity contribution is -0.938. The number of aryl methyl sites for hydroxylation is 1. The fraction of sp³-hybridized carbons (Fsp3) is 0.417. The molecule has 5 N–H and O–H groups in total. The normalized spacial score (nSPS) is 27.0. The minimum atomic E-state index is -0.0627. The van der Waals surface area contributed by atoms with E-state index >= 15 is 0 Å². The molecule has 154 valence electrons. The maximum absolute atomic E-state index is 10.5. The summed E-state index contributed by atoms with van der Waals surface area (Å²) in [6.07, 6.45) is 4.39. The molecule has 2 aliphatic rings. The second kappa shape index (κ2) is 8.02. The zero-order chi connectivity index (χ0) is 20.6. The van der Waals surface area contributed by atoms with Crippen LogP contribution in [0.5, 0.6) is 5.75 Å². The minimum Gasteiger partial charge on any atom is -0.507 e. The third-order valence-electron chi connectivity index (χ3n) is 6.54. The van der Waals surface area contributed by atoms with Crippen molar-refractivity contribution in [2.75, 3.05) is 13.1 Å². The fourth-order valence-corrected chi connectivity index (χ4v) is 4.86. The summed E-state index contributed by atoms with van der Waals surface area (Å²) in [7, 11) is 0. The molecular weight excluding hydrogens is 382 g/mol. The Morgan fingerprint density at radius 3 is 2.48 bits per heavy atom. The number of nitrogens with two attached hydrogens (primary N) is 1. The molecule has 2 aromatic carbocycles. The lowest BCUT2D eigenvalue weighted by atomic mass is 9.88. The summed E-state index contributed by atoms with van der Waals surface area (Å²) in [5.41, 5.74) is 4.40. The Labute approximate surface area is 178 Å². The molecule has 2 aromatic rings. The van der Waals surface area contributed by atoms with Crippen molar-refractivity contribution in [3.8, 4) is 5.75 Å². The van der Waals surface area contributed by atoms with Crippen molar-refractivity contribution in [2.24, 2.45) is 0 Å². The molecule has 1 atom stereocenters. The number of piperidine rings is 1. The quantitative estimate of drug-likeness (QED) is 0.624. The summed E-state index contributed by atoms with van der Waals surface area (Å²) >= 11 is 6.27. The standard InChI is InChI=1S/C24H30ClN3O/c1-16(2)28-12-10-24(11-13-28)26-21(18-6-4-17(3)5-7-18)15-22(27-24)20-14-19(25)8-9-23(20)29/h4-9,14-16,22,26-27,29H,10-13H2,1-3H3/p+2. The number of aromatic hydroxyl groups is 1. The Bertz CT molecular complexity index is 899. The fourth-order valence-electron chi connectivity index (χ4n) is 4.68. The van der Waals surface area contributed by atoms with Crippen LogP contribution in [0.4, 0.5) is 0 Å². The molecule has 0 bridgehead atoms. The van der Waals surface area contributed by atoms with Crippen LogP contribution in [-0.2, 0) is 0 Å². The molecule has 2 heterocycles. The molecule has 0 saturated carbocycles. The van der Waals surface area contributed by atoms with Crippen LogP contribution >= 0.6 is 11.6 Å². The first-order chi connectivity index (χ1) is 13.8. The van der Waals surface area contributed by atoms with E-state index in [1.165, 1.54) is 11.1 Å². The number of likely N-dealkylation sites (tertiary alicyclic amines) is 1. The van der Waals surface area contributed by atoms with Gasteiger partial charge in [0.05, 0.1) is 37.5 Å². The number of rotatable bonds is 3. The van der Waals surface area contributed by atoms with Gasteiger partial charge in [0, 0.05) is 16.8 Å². The van der Waals surface area contributed by atoms with E-state index in [0.717, 1.165) is 37.2 Å². The van der Waals surface area contributed by atoms with E-state index in [9.17, 15) is 5.11 Å². The predicted molar refractivity (Wildman–Crippen MR) is 118 cm³/mol. The number of hydrogen-bond acceptors (Lipinski definition) is 2. The molecule has 0 radical (unpaired) electrons. The predicted octanol–water partition coefficient (Wildman–Crippen LogP) is 2.39. The van der Waals surface area contributed by atoms with Crippen molar-refractivity contribution in [2.45, 2.75) is 51.4 Å². The first kappa shape index (κ1) is 20.3. The van der Waals surface area contributed by atoms with E-state index < -0.39 is 0 Å². The van der Waals surface area contributed by atoms with Gasteiger partial charge in [-0.3, -0.25) is 0 Å². The summed E-state index contributed by atoms with van der Waals surface area (Å²) < 4.78 is 0. The van der Waals surface area contributed by atoms with Crippen molar-refractivity contribution in [3.63, 3.8) is 0 Å². The van der Waals surface area contributed by atoms with E-state index in [1.807, 2.05) is 6.07 Å². The lowest BCUT2D eigenvalue weighted by Gasteiger charge is -2.44. The summed E-state index contributed by atoms with van der Waals surface area (Å²) in [5, 5.41) is 17.5. The van der Waals surface area contributed by atoms with Gasteiger partial charge in [-0.25, -0.2) is 0 Å². The first-order valence-corrected chi connectivity index (χ1v) is 11.0. The summed E-state index contributed by atoms with van der Waals surface area (Å²) in [5.74, 6) is 0.303. The number of phenolic OH excluding ortho intramolecular Hbond substituents is 1. The highest BCUT2D eigenvalue weighted by Crippen LogP contribution is 2.31. The molecule has 29 heavy (non-hydrogen) atoms. The number of benzene rings is 2. The molecule has 4 nitrogen and oxygen atoms in total. The Morgan fingerprint density at radius 1 is 1.14 bits per heavy atom. The molecule has 1 saturated heterocycles. The Morgan fingerprint density at radius 2 is 1.83 bits per heavy atom. The highest BCUT2D eigenvalue weighted by atomic mass is 35.5. The van der Waals surface area contributed by atoms with Crippen LogP contribution in [0.1, 0.15) is 49.4 Å². The average molecular weight is 414 g/mol. The zero-order valence-electron chi connectivity index (χ0n) is 17.5. The molecule has 0 amide bonds. The van der Waals surface area contributed by atoms with E-state index in [1.54, 1.807) is 17.0 Å². The van der Waals surface area contributed by atoms with Gasteiger partial charge in [0.2, 0.25) is 0 Å². The molecule has 1 spiro atoms. The van der Waals surface area contributed by atoms with Gasteiger partial charge in [-0.1, -0.05) is 41.4 Å². The van der Waals surface area contributed by atoms with Gasteiger partial charge in [0.1, 0.15) is 11.8 Å². The van der Waals surface area contributed by atoms with Crippen LogP contribution in [0, 0.1) is 6.92 Å².